The summed E-state index contributed by atoms with van der Waals surface area (Å²) in [5.74, 6) is 0.521. The van der Waals surface area contributed by atoms with E-state index < -0.39 is 0 Å². The van der Waals surface area contributed by atoms with Crippen molar-refractivity contribution in [3.05, 3.63) is 126 Å². The van der Waals surface area contributed by atoms with Crippen LogP contribution < -0.4 is 0 Å². The maximum atomic E-state index is 2.38. The van der Waals surface area contributed by atoms with Crippen LogP contribution in [0.5, 0.6) is 0 Å². The molecule has 0 aromatic heterocycles. The van der Waals surface area contributed by atoms with Crippen LogP contribution in [-0.4, -0.2) is 0 Å². The zero-order valence-electron chi connectivity index (χ0n) is 19.8. The van der Waals surface area contributed by atoms with Gasteiger partial charge in [-0.15, -0.1) is 0 Å². The highest BCUT2D eigenvalue weighted by atomic mass is 14.3. The molecule has 0 fully saturated rings. The third-order valence-corrected chi connectivity index (χ3v) is 7.56. The molecule has 166 valence electrons. The second-order valence-corrected chi connectivity index (χ2v) is 9.85. The van der Waals surface area contributed by atoms with E-state index in [0.717, 1.165) is 6.42 Å². The van der Waals surface area contributed by atoms with Gasteiger partial charge in [-0.3, -0.25) is 0 Å². The molecule has 0 nitrogen and oxygen atoms in total. The molecule has 1 unspecified atom stereocenters. The molecule has 1 aliphatic rings. The zero-order chi connectivity index (χ0) is 23.4. The fourth-order valence-corrected chi connectivity index (χ4v) is 5.89. The van der Waals surface area contributed by atoms with Crippen LogP contribution in [0.1, 0.15) is 18.1 Å². The van der Waals surface area contributed by atoms with Gasteiger partial charge in [0.25, 0.3) is 0 Å². The van der Waals surface area contributed by atoms with Gasteiger partial charge in [-0.2, -0.15) is 0 Å². The van der Waals surface area contributed by atoms with Crippen LogP contribution in [0.15, 0.2) is 115 Å². The quantitative estimate of drug-likeness (QED) is 0.248. The van der Waals surface area contributed by atoms with E-state index in [1.54, 1.807) is 0 Å². The minimum atomic E-state index is 0.521. The first-order valence-electron chi connectivity index (χ1n) is 12.5. The number of benzene rings is 6. The SMILES string of the molecule is CC1C=Cc2c(c(-c3ccc4ccccc4c3)c3ccccc3c2-c2ccc3ccccc3c2)C1. The van der Waals surface area contributed by atoms with Gasteiger partial charge in [-0.05, 0) is 90.2 Å². The molecule has 6 aromatic carbocycles. The maximum Gasteiger partial charge on any atom is -0.00295 e. The molecule has 0 amide bonds. The van der Waals surface area contributed by atoms with Crippen molar-refractivity contribution in [2.24, 2.45) is 5.92 Å². The summed E-state index contributed by atoms with van der Waals surface area (Å²) in [5, 5.41) is 7.81. The summed E-state index contributed by atoms with van der Waals surface area (Å²) in [6, 6.07) is 40.2. The van der Waals surface area contributed by atoms with Gasteiger partial charge in [-0.1, -0.05) is 116 Å². The number of hydrogen-bond donors (Lipinski definition) is 0. The molecule has 7 rings (SSSR count). The molecular formula is C35H26. The molecule has 0 spiro atoms. The Kier molecular flexibility index (Phi) is 4.60. The van der Waals surface area contributed by atoms with E-state index in [1.807, 2.05) is 0 Å². The first kappa shape index (κ1) is 20.2. The van der Waals surface area contributed by atoms with Crippen LogP contribution >= 0.6 is 0 Å². The fourth-order valence-electron chi connectivity index (χ4n) is 5.89. The van der Waals surface area contributed by atoms with Crippen molar-refractivity contribution in [1.82, 2.24) is 0 Å². The molecule has 0 aliphatic heterocycles. The third kappa shape index (κ3) is 3.29. The predicted octanol–water partition coefficient (Wildman–Crippen LogP) is 9.69. The van der Waals surface area contributed by atoms with Crippen molar-refractivity contribution in [3.63, 3.8) is 0 Å². The molecule has 0 saturated carbocycles. The topological polar surface area (TPSA) is 0 Å². The summed E-state index contributed by atoms with van der Waals surface area (Å²) in [5.41, 5.74) is 8.19. The second-order valence-electron chi connectivity index (χ2n) is 9.85. The largest absolute Gasteiger partial charge is 0.0807 e. The van der Waals surface area contributed by atoms with Gasteiger partial charge in [0.1, 0.15) is 0 Å². The van der Waals surface area contributed by atoms with Crippen LogP contribution in [0.4, 0.5) is 0 Å². The lowest BCUT2D eigenvalue weighted by Crippen LogP contribution is -2.08. The summed E-state index contributed by atoms with van der Waals surface area (Å²) in [4.78, 5) is 0. The Hall–Kier alpha value is -4.16. The lowest BCUT2D eigenvalue weighted by atomic mass is 9.78. The van der Waals surface area contributed by atoms with Gasteiger partial charge in [0, 0.05) is 0 Å². The average Bonchev–Trinajstić information content (AvgIpc) is 2.91. The molecular weight excluding hydrogens is 420 g/mol. The number of hydrogen-bond acceptors (Lipinski definition) is 0. The highest BCUT2D eigenvalue weighted by Gasteiger charge is 2.23. The Balaban J connectivity index is 1.58. The normalized spacial score (nSPS) is 15.1. The summed E-state index contributed by atoms with van der Waals surface area (Å²) in [7, 11) is 0. The van der Waals surface area contributed by atoms with Crippen LogP contribution in [0.25, 0.3) is 60.6 Å². The van der Waals surface area contributed by atoms with E-state index in [1.165, 1.54) is 65.7 Å². The molecule has 6 aromatic rings. The van der Waals surface area contributed by atoms with Crippen LogP contribution in [-0.2, 0) is 6.42 Å². The van der Waals surface area contributed by atoms with E-state index in [2.05, 4.69) is 128 Å². The van der Waals surface area contributed by atoms with Crippen molar-refractivity contribution >= 4 is 38.4 Å². The van der Waals surface area contributed by atoms with Crippen molar-refractivity contribution in [2.75, 3.05) is 0 Å². The lowest BCUT2D eigenvalue weighted by Gasteiger charge is -2.26. The van der Waals surface area contributed by atoms with E-state index in [-0.39, 0.29) is 0 Å². The Morgan fingerprint density at radius 2 is 1.06 bits per heavy atom. The second kappa shape index (κ2) is 7.96. The average molecular weight is 447 g/mol. The summed E-state index contributed by atoms with van der Waals surface area (Å²) < 4.78 is 0. The van der Waals surface area contributed by atoms with Crippen molar-refractivity contribution in [1.29, 1.82) is 0 Å². The first-order chi connectivity index (χ1) is 17.3. The molecule has 0 saturated heterocycles. The molecule has 0 heteroatoms. The van der Waals surface area contributed by atoms with Crippen LogP contribution in [0.3, 0.4) is 0 Å². The van der Waals surface area contributed by atoms with Crippen LogP contribution in [0, 0.1) is 5.92 Å². The first-order valence-corrected chi connectivity index (χ1v) is 12.5. The van der Waals surface area contributed by atoms with Gasteiger partial charge < -0.3 is 0 Å². The van der Waals surface area contributed by atoms with E-state index in [9.17, 15) is 0 Å². The minimum absolute atomic E-state index is 0.521. The van der Waals surface area contributed by atoms with Crippen molar-refractivity contribution < 1.29 is 0 Å². The number of fused-ring (bicyclic) bond motifs is 4. The van der Waals surface area contributed by atoms with E-state index >= 15 is 0 Å². The van der Waals surface area contributed by atoms with Gasteiger partial charge in [0.2, 0.25) is 0 Å². The molecule has 35 heavy (non-hydrogen) atoms. The Morgan fingerprint density at radius 1 is 0.543 bits per heavy atom. The highest BCUT2D eigenvalue weighted by Crippen LogP contribution is 2.46. The van der Waals surface area contributed by atoms with Gasteiger partial charge in [0.15, 0.2) is 0 Å². The highest BCUT2D eigenvalue weighted by molar-refractivity contribution is 6.11. The Bertz CT molecular complexity index is 1780. The van der Waals surface area contributed by atoms with E-state index in [0.29, 0.717) is 5.92 Å². The van der Waals surface area contributed by atoms with Crippen molar-refractivity contribution in [2.45, 2.75) is 13.3 Å². The number of rotatable bonds is 2. The third-order valence-electron chi connectivity index (χ3n) is 7.56. The molecule has 1 atom stereocenters. The lowest BCUT2D eigenvalue weighted by molar-refractivity contribution is 0.719. The van der Waals surface area contributed by atoms with Crippen molar-refractivity contribution in [3.8, 4) is 22.3 Å². The molecule has 1 aliphatic carbocycles. The predicted molar refractivity (Wildman–Crippen MR) is 152 cm³/mol. The maximum absolute atomic E-state index is 2.38. The summed E-state index contributed by atoms with van der Waals surface area (Å²) >= 11 is 0. The fraction of sp³-hybridized carbons (Fsp3) is 0.0857. The number of allylic oxidation sites excluding steroid dienone is 1. The Morgan fingerprint density at radius 3 is 1.69 bits per heavy atom. The van der Waals surface area contributed by atoms with Gasteiger partial charge >= 0.3 is 0 Å². The molecule has 0 radical (unpaired) electrons. The Labute approximate surface area is 206 Å². The van der Waals surface area contributed by atoms with Gasteiger partial charge in [0.05, 0.1) is 0 Å². The monoisotopic (exact) mass is 446 g/mol. The zero-order valence-corrected chi connectivity index (χ0v) is 19.8. The summed E-state index contributed by atoms with van der Waals surface area (Å²) in [6.45, 7) is 2.33. The standard InChI is InChI=1S/C35H26/c1-23-14-19-32-33(20-23)35(29-18-16-25-9-3-5-11-27(25)22-29)31-13-7-6-12-30(31)34(32)28-17-15-24-8-2-4-10-26(24)21-28/h2-19,21-23H,20H2,1H3. The molecule has 0 heterocycles. The van der Waals surface area contributed by atoms with E-state index in [4.69, 9.17) is 0 Å². The van der Waals surface area contributed by atoms with Crippen LogP contribution in [0.2, 0.25) is 0 Å². The smallest absolute Gasteiger partial charge is 0.00295 e. The molecule has 0 bridgehead atoms. The summed E-state index contributed by atoms with van der Waals surface area (Å²) in [6.07, 6.45) is 5.82. The molecule has 0 N–H and O–H groups in total. The minimum Gasteiger partial charge on any atom is -0.0807 e. The van der Waals surface area contributed by atoms with Gasteiger partial charge in [-0.25, -0.2) is 0 Å².